The summed E-state index contributed by atoms with van der Waals surface area (Å²) in [5.41, 5.74) is 7.32. The topological polar surface area (TPSA) is 118 Å². The second kappa shape index (κ2) is 8.29. The Bertz CT molecular complexity index is 1170. The molecule has 2 amide bonds. The molecule has 1 aromatic heterocycles. The summed E-state index contributed by atoms with van der Waals surface area (Å²) >= 11 is 0. The molecule has 0 saturated carbocycles. The molecular weight excluding hydrogens is 403 g/mol. The number of aliphatic hydroxyl groups excluding tert-OH is 1. The number of nitrogens with two attached hydrogens (primary N) is 1. The largest absolute Gasteiger partial charge is 0.383 e. The first-order valence-electron chi connectivity index (χ1n) is 9.67. The zero-order valence-electron chi connectivity index (χ0n) is 16.7. The van der Waals surface area contributed by atoms with Gasteiger partial charge in [-0.1, -0.05) is 6.07 Å². The van der Waals surface area contributed by atoms with E-state index in [1.807, 2.05) is 0 Å². The maximum atomic E-state index is 13.7. The lowest BCUT2D eigenvalue weighted by Crippen LogP contribution is -2.55. The van der Waals surface area contributed by atoms with Crippen molar-refractivity contribution in [2.75, 3.05) is 29.1 Å². The van der Waals surface area contributed by atoms with Crippen molar-refractivity contribution in [1.29, 1.82) is 0 Å². The fourth-order valence-electron chi connectivity index (χ4n) is 3.58. The van der Waals surface area contributed by atoms with Crippen molar-refractivity contribution in [3.63, 3.8) is 0 Å². The van der Waals surface area contributed by atoms with Gasteiger partial charge in [0.05, 0.1) is 6.61 Å². The van der Waals surface area contributed by atoms with Crippen LogP contribution in [0.1, 0.15) is 5.56 Å². The molecule has 0 aliphatic carbocycles. The molecule has 2 heterocycles. The van der Waals surface area contributed by atoms with Crippen molar-refractivity contribution in [1.82, 2.24) is 4.98 Å². The molecule has 2 atom stereocenters. The number of carbonyl (C=O) groups excluding carboxylic acids is 2. The highest BCUT2D eigenvalue weighted by Crippen LogP contribution is 2.26. The van der Waals surface area contributed by atoms with Gasteiger partial charge in [0, 0.05) is 29.5 Å². The van der Waals surface area contributed by atoms with E-state index in [0.717, 1.165) is 10.8 Å². The van der Waals surface area contributed by atoms with E-state index >= 15 is 0 Å². The van der Waals surface area contributed by atoms with Crippen molar-refractivity contribution < 1.29 is 23.8 Å². The summed E-state index contributed by atoms with van der Waals surface area (Å²) in [7, 11) is 0. The molecule has 0 spiro atoms. The SMILES string of the molecule is Cc1ccc(F)cc1N1CCO[C@H](C(O)C(=O)Nc2ccc3c(N)nccc3c2)C1=O. The van der Waals surface area contributed by atoms with Crippen LogP contribution in [0.4, 0.5) is 21.6 Å². The van der Waals surface area contributed by atoms with Crippen LogP contribution in [-0.4, -0.2) is 47.3 Å². The van der Waals surface area contributed by atoms with E-state index in [1.54, 1.807) is 43.5 Å². The van der Waals surface area contributed by atoms with Crippen LogP contribution >= 0.6 is 0 Å². The zero-order chi connectivity index (χ0) is 22.1. The molecule has 9 heteroatoms. The number of ether oxygens (including phenoxy) is 1. The lowest BCUT2D eigenvalue weighted by atomic mass is 10.1. The van der Waals surface area contributed by atoms with Crippen LogP contribution in [0.5, 0.6) is 0 Å². The molecule has 160 valence electrons. The summed E-state index contributed by atoms with van der Waals surface area (Å²) in [6, 6.07) is 10.9. The number of morpholine rings is 1. The van der Waals surface area contributed by atoms with E-state index in [1.165, 1.54) is 17.0 Å². The van der Waals surface area contributed by atoms with Gasteiger partial charge < -0.3 is 25.8 Å². The number of hydrogen-bond acceptors (Lipinski definition) is 6. The van der Waals surface area contributed by atoms with Crippen LogP contribution in [0, 0.1) is 12.7 Å². The van der Waals surface area contributed by atoms with Gasteiger partial charge in [-0.25, -0.2) is 9.37 Å². The number of pyridine rings is 1. The van der Waals surface area contributed by atoms with Gasteiger partial charge in [-0.15, -0.1) is 0 Å². The van der Waals surface area contributed by atoms with Crippen LogP contribution < -0.4 is 16.0 Å². The highest BCUT2D eigenvalue weighted by Gasteiger charge is 2.39. The Balaban J connectivity index is 1.51. The minimum atomic E-state index is -1.75. The summed E-state index contributed by atoms with van der Waals surface area (Å²) < 4.78 is 19.1. The molecule has 4 N–H and O–H groups in total. The lowest BCUT2D eigenvalue weighted by Gasteiger charge is -2.34. The van der Waals surface area contributed by atoms with Crippen molar-refractivity contribution in [3.05, 3.63) is 60.0 Å². The van der Waals surface area contributed by atoms with Crippen LogP contribution in [0.25, 0.3) is 10.8 Å². The number of hydrogen-bond donors (Lipinski definition) is 3. The molecule has 3 aromatic rings. The van der Waals surface area contributed by atoms with Gasteiger partial charge in [-0.05, 0) is 54.3 Å². The monoisotopic (exact) mass is 424 g/mol. The molecule has 4 rings (SSSR count). The van der Waals surface area contributed by atoms with Crippen molar-refractivity contribution in [2.45, 2.75) is 19.1 Å². The van der Waals surface area contributed by atoms with Crippen molar-refractivity contribution in [2.24, 2.45) is 0 Å². The summed E-state index contributed by atoms with van der Waals surface area (Å²) in [6.45, 7) is 2.03. The van der Waals surface area contributed by atoms with Gasteiger partial charge in [0.25, 0.3) is 11.8 Å². The third-order valence-electron chi connectivity index (χ3n) is 5.20. The van der Waals surface area contributed by atoms with Gasteiger partial charge in [-0.3, -0.25) is 9.59 Å². The number of benzene rings is 2. The number of fused-ring (bicyclic) bond motifs is 1. The van der Waals surface area contributed by atoms with Crippen LogP contribution in [0.15, 0.2) is 48.7 Å². The minimum Gasteiger partial charge on any atom is -0.383 e. The average Bonchev–Trinajstić information content (AvgIpc) is 2.75. The van der Waals surface area contributed by atoms with Gasteiger partial charge in [0.15, 0.2) is 12.2 Å². The van der Waals surface area contributed by atoms with Crippen LogP contribution in [0.3, 0.4) is 0 Å². The second-order valence-electron chi connectivity index (χ2n) is 7.28. The number of nitrogens with zero attached hydrogens (tertiary/aromatic N) is 2. The number of aryl methyl sites for hydroxylation is 1. The van der Waals surface area contributed by atoms with Crippen LogP contribution in [0.2, 0.25) is 0 Å². The predicted molar refractivity (Wildman–Crippen MR) is 114 cm³/mol. The molecule has 31 heavy (non-hydrogen) atoms. The third-order valence-corrected chi connectivity index (χ3v) is 5.20. The molecule has 0 bridgehead atoms. The van der Waals surface area contributed by atoms with Crippen molar-refractivity contribution in [3.8, 4) is 0 Å². The van der Waals surface area contributed by atoms with E-state index < -0.39 is 29.8 Å². The third kappa shape index (κ3) is 4.05. The smallest absolute Gasteiger partial charge is 0.259 e. The molecule has 2 aromatic carbocycles. The van der Waals surface area contributed by atoms with Gasteiger partial charge >= 0.3 is 0 Å². The molecule has 1 aliphatic rings. The molecule has 0 radical (unpaired) electrons. The first-order chi connectivity index (χ1) is 14.8. The maximum absolute atomic E-state index is 13.7. The number of aromatic nitrogens is 1. The molecule has 1 fully saturated rings. The molecule has 8 nitrogen and oxygen atoms in total. The number of nitrogen functional groups attached to an aromatic ring is 1. The first-order valence-corrected chi connectivity index (χ1v) is 9.67. The summed E-state index contributed by atoms with van der Waals surface area (Å²) in [5.74, 6) is -1.52. The minimum absolute atomic E-state index is 0.0962. The Morgan fingerprint density at radius 1 is 1.32 bits per heavy atom. The van der Waals surface area contributed by atoms with E-state index in [2.05, 4.69) is 10.3 Å². The zero-order valence-corrected chi connectivity index (χ0v) is 16.7. The number of amides is 2. The van der Waals surface area contributed by atoms with E-state index in [-0.39, 0.29) is 13.2 Å². The molecule has 1 saturated heterocycles. The number of aliphatic hydroxyl groups is 1. The number of carbonyl (C=O) groups is 2. The van der Waals surface area contributed by atoms with Gasteiger partial charge in [0.1, 0.15) is 11.6 Å². The fraction of sp³-hybridized carbons (Fsp3) is 0.227. The summed E-state index contributed by atoms with van der Waals surface area (Å²) in [4.78, 5) is 30.9. The molecule has 1 unspecified atom stereocenters. The predicted octanol–water partition coefficient (Wildman–Crippen LogP) is 2.00. The first kappa shape index (κ1) is 20.7. The van der Waals surface area contributed by atoms with Crippen LogP contribution in [-0.2, 0) is 14.3 Å². The standard InChI is InChI=1S/C22H21FN4O4/c1-12-2-3-14(23)11-17(12)27-8-9-31-19(22(27)30)18(28)21(29)26-15-4-5-16-13(10-15)6-7-25-20(16)24/h2-7,10-11,18-19,28H,8-9H2,1H3,(H2,24,25)(H,26,29)/t18?,19-/m1/s1. The van der Waals surface area contributed by atoms with E-state index in [0.29, 0.717) is 22.8 Å². The number of nitrogens with one attached hydrogen (secondary N) is 1. The quantitative estimate of drug-likeness (QED) is 0.590. The summed E-state index contributed by atoms with van der Waals surface area (Å²) in [6.07, 6.45) is -1.60. The number of anilines is 3. The molecular formula is C22H21FN4O4. The van der Waals surface area contributed by atoms with E-state index in [4.69, 9.17) is 10.5 Å². The second-order valence-corrected chi connectivity index (χ2v) is 7.28. The Morgan fingerprint density at radius 3 is 2.94 bits per heavy atom. The Kier molecular flexibility index (Phi) is 5.53. The Labute approximate surface area is 177 Å². The highest BCUT2D eigenvalue weighted by atomic mass is 19.1. The van der Waals surface area contributed by atoms with Gasteiger partial charge in [0.2, 0.25) is 0 Å². The molecule has 1 aliphatic heterocycles. The fourth-order valence-corrected chi connectivity index (χ4v) is 3.58. The highest BCUT2D eigenvalue weighted by molar-refractivity contribution is 6.05. The van der Waals surface area contributed by atoms with Crippen molar-refractivity contribution >= 4 is 39.8 Å². The Morgan fingerprint density at radius 2 is 2.13 bits per heavy atom. The number of rotatable bonds is 4. The lowest BCUT2D eigenvalue weighted by molar-refractivity contribution is -0.150. The van der Waals surface area contributed by atoms with Gasteiger partial charge in [-0.2, -0.15) is 0 Å². The Hall–Kier alpha value is -3.56. The summed E-state index contributed by atoms with van der Waals surface area (Å²) in [5, 5.41) is 14.6. The number of halogens is 1. The van der Waals surface area contributed by atoms with E-state index in [9.17, 15) is 19.1 Å². The average molecular weight is 424 g/mol. The maximum Gasteiger partial charge on any atom is 0.259 e. The normalized spacial score (nSPS) is 17.6.